The Balaban J connectivity index is 1.74. The molecule has 0 aliphatic carbocycles. The van der Waals surface area contributed by atoms with E-state index in [0.29, 0.717) is 23.0 Å². The molecule has 0 aliphatic rings. The van der Waals surface area contributed by atoms with Crippen LogP contribution in [0.15, 0.2) is 53.1 Å². The topological polar surface area (TPSA) is 79.9 Å². The van der Waals surface area contributed by atoms with E-state index >= 15 is 0 Å². The van der Waals surface area contributed by atoms with Gasteiger partial charge in [-0.15, -0.1) is 0 Å². The maximum atomic E-state index is 12.2. The molecule has 0 radical (unpaired) electrons. The van der Waals surface area contributed by atoms with Crippen LogP contribution in [0.3, 0.4) is 0 Å². The number of halogens is 1. The Morgan fingerprint density at radius 1 is 1.22 bits per heavy atom. The molecule has 0 saturated carbocycles. The third kappa shape index (κ3) is 3.57. The van der Waals surface area contributed by atoms with E-state index in [0.717, 1.165) is 10.0 Å². The molecule has 2 aromatic heterocycles. The highest BCUT2D eigenvalue weighted by Crippen LogP contribution is 2.21. The number of anilines is 1. The molecule has 0 unspecified atom stereocenters. The molecule has 116 valence electrons. The van der Waals surface area contributed by atoms with Crippen LogP contribution in [0.4, 0.5) is 5.69 Å². The van der Waals surface area contributed by atoms with Gasteiger partial charge in [-0.25, -0.2) is 4.98 Å². The smallest absolute Gasteiger partial charge is 0.273 e. The van der Waals surface area contributed by atoms with Gasteiger partial charge in [-0.1, -0.05) is 28.1 Å². The van der Waals surface area contributed by atoms with Crippen molar-refractivity contribution in [1.29, 1.82) is 0 Å². The minimum atomic E-state index is -0.284. The quantitative estimate of drug-likeness (QED) is 0.734. The van der Waals surface area contributed by atoms with E-state index in [4.69, 9.17) is 4.74 Å². The normalized spacial score (nSPS) is 10.3. The van der Waals surface area contributed by atoms with Crippen molar-refractivity contribution in [2.75, 3.05) is 12.4 Å². The fraction of sp³-hybridized carbons (Fsp3) is 0.0625. The number of H-pyrrole nitrogens is 1. The number of rotatable bonds is 4. The molecule has 7 heteroatoms. The molecule has 0 saturated heterocycles. The summed E-state index contributed by atoms with van der Waals surface area (Å²) in [7, 11) is 1.54. The van der Waals surface area contributed by atoms with E-state index < -0.39 is 0 Å². The zero-order chi connectivity index (χ0) is 16.2. The fourth-order valence-corrected chi connectivity index (χ4v) is 2.24. The lowest BCUT2D eigenvalue weighted by molar-refractivity contribution is 0.102. The van der Waals surface area contributed by atoms with Crippen LogP contribution in [0.2, 0.25) is 0 Å². The Hall–Kier alpha value is -2.67. The molecular weight excluding hydrogens is 360 g/mol. The van der Waals surface area contributed by atoms with Crippen LogP contribution < -0.4 is 10.1 Å². The first kappa shape index (κ1) is 15.2. The molecule has 0 spiro atoms. The van der Waals surface area contributed by atoms with Gasteiger partial charge in [0.05, 0.1) is 24.7 Å². The molecule has 1 amide bonds. The Labute approximate surface area is 141 Å². The summed E-state index contributed by atoms with van der Waals surface area (Å²) in [5, 5.41) is 9.66. The van der Waals surface area contributed by atoms with Gasteiger partial charge in [0.25, 0.3) is 5.91 Å². The Bertz CT molecular complexity index is 813. The molecule has 0 fully saturated rings. The molecule has 2 N–H and O–H groups in total. The third-order valence-electron chi connectivity index (χ3n) is 3.17. The lowest BCUT2D eigenvalue weighted by Crippen LogP contribution is -2.12. The second-order valence-corrected chi connectivity index (χ2v) is 5.63. The summed E-state index contributed by atoms with van der Waals surface area (Å²) in [6.07, 6.45) is 1.53. The number of ether oxygens (including phenoxy) is 1. The van der Waals surface area contributed by atoms with Gasteiger partial charge >= 0.3 is 0 Å². The highest BCUT2D eigenvalue weighted by atomic mass is 79.9. The van der Waals surface area contributed by atoms with E-state index in [9.17, 15) is 4.79 Å². The number of aromatic nitrogens is 3. The molecule has 0 atom stereocenters. The van der Waals surface area contributed by atoms with Crippen LogP contribution in [0.25, 0.3) is 11.3 Å². The first-order valence-electron chi connectivity index (χ1n) is 6.78. The number of nitrogens with zero attached hydrogens (tertiary/aromatic N) is 2. The van der Waals surface area contributed by atoms with Gasteiger partial charge < -0.3 is 10.1 Å². The Morgan fingerprint density at radius 3 is 2.65 bits per heavy atom. The number of methoxy groups -OCH3 is 1. The molecule has 23 heavy (non-hydrogen) atoms. The van der Waals surface area contributed by atoms with Gasteiger partial charge in [0.2, 0.25) is 5.88 Å². The molecule has 2 heterocycles. The zero-order valence-electron chi connectivity index (χ0n) is 12.2. The molecular formula is C16H13BrN4O2. The Morgan fingerprint density at radius 2 is 2.00 bits per heavy atom. The van der Waals surface area contributed by atoms with Crippen molar-refractivity contribution in [3.05, 3.63) is 58.8 Å². The van der Waals surface area contributed by atoms with Crippen molar-refractivity contribution in [1.82, 2.24) is 15.2 Å². The second-order valence-electron chi connectivity index (χ2n) is 4.72. The number of aromatic amines is 1. The van der Waals surface area contributed by atoms with E-state index in [1.807, 2.05) is 24.3 Å². The molecule has 0 aliphatic heterocycles. The maximum absolute atomic E-state index is 12.2. The van der Waals surface area contributed by atoms with Crippen molar-refractivity contribution >= 4 is 27.5 Å². The zero-order valence-corrected chi connectivity index (χ0v) is 13.8. The van der Waals surface area contributed by atoms with Crippen LogP contribution in [0.1, 0.15) is 10.5 Å². The van der Waals surface area contributed by atoms with Crippen LogP contribution in [0, 0.1) is 0 Å². The summed E-state index contributed by atoms with van der Waals surface area (Å²) < 4.78 is 5.96. The number of nitrogens with one attached hydrogen (secondary N) is 2. The second kappa shape index (κ2) is 6.62. The Kier molecular flexibility index (Phi) is 4.38. The number of carbonyl (C=O) groups excluding carboxylic acids is 1. The van der Waals surface area contributed by atoms with E-state index in [-0.39, 0.29) is 5.91 Å². The fourth-order valence-electron chi connectivity index (χ4n) is 1.98. The van der Waals surface area contributed by atoms with Crippen LogP contribution in [-0.4, -0.2) is 28.2 Å². The third-order valence-corrected chi connectivity index (χ3v) is 3.69. The van der Waals surface area contributed by atoms with Gasteiger partial charge in [0.1, 0.15) is 5.69 Å². The molecule has 3 aromatic rings. The number of benzene rings is 1. The summed E-state index contributed by atoms with van der Waals surface area (Å²) in [6.45, 7) is 0. The van der Waals surface area contributed by atoms with E-state index in [1.165, 1.54) is 13.3 Å². The summed E-state index contributed by atoms with van der Waals surface area (Å²) in [5.41, 5.74) is 2.58. The van der Waals surface area contributed by atoms with Crippen molar-refractivity contribution < 1.29 is 9.53 Å². The first-order chi connectivity index (χ1) is 11.2. The van der Waals surface area contributed by atoms with Crippen molar-refractivity contribution in [3.63, 3.8) is 0 Å². The number of hydrogen-bond acceptors (Lipinski definition) is 4. The van der Waals surface area contributed by atoms with Crippen molar-refractivity contribution in [3.8, 4) is 17.1 Å². The van der Waals surface area contributed by atoms with Crippen LogP contribution in [-0.2, 0) is 0 Å². The predicted octanol–water partition coefficient (Wildman–Crippen LogP) is 3.50. The first-order valence-corrected chi connectivity index (χ1v) is 7.58. The highest BCUT2D eigenvalue weighted by Gasteiger charge is 2.11. The lowest BCUT2D eigenvalue weighted by atomic mass is 10.1. The number of carbonyl (C=O) groups is 1. The monoisotopic (exact) mass is 372 g/mol. The highest BCUT2D eigenvalue weighted by molar-refractivity contribution is 9.10. The molecule has 3 rings (SSSR count). The van der Waals surface area contributed by atoms with Crippen LogP contribution >= 0.6 is 15.9 Å². The summed E-state index contributed by atoms with van der Waals surface area (Å²) >= 11 is 3.39. The van der Waals surface area contributed by atoms with Gasteiger partial charge in [-0.2, -0.15) is 5.10 Å². The van der Waals surface area contributed by atoms with E-state index in [1.54, 1.807) is 18.2 Å². The lowest BCUT2D eigenvalue weighted by Gasteiger charge is -2.03. The summed E-state index contributed by atoms with van der Waals surface area (Å²) in [6, 6.07) is 12.8. The largest absolute Gasteiger partial charge is 0.481 e. The minimum absolute atomic E-state index is 0.284. The molecule has 0 bridgehead atoms. The van der Waals surface area contributed by atoms with Gasteiger partial charge in [-0.05, 0) is 24.3 Å². The van der Waals surface area contributed by atoms with E-state index in [2.05, 4.69) is 36.4 Å². The van der Waals surface area contributed by atoms with Gasteiger partial charge in [0.15, 0.2) is 0 Å². The SMILES string of the molecule is COc1ccc(NC(=O)c2cc(-c3ccc(Br)cc3)n[nH]2)cn1. The standard InChI is InChI=1S/C16H13BrN4O2/c1-23-15-7-6-12(9-18-15)19-16(22)14-8-13(20-21-14)10-2-4-11(17)5-3-10/h2-9H,1H3,(H,19,22)(H,20,21). The number of pyridine rings is 1. The van der Waals surface area contributed by atoms with Gasteiger partial charge in [-0.3, -0.25) is 9.89 Å². The van der Waals surface area contributed by atoms with Gasteiger partial charge in [0, 0.05) is 16.1 Å². The van der Waals surface area contributed by atoms with Crippen molar-refractivity contribution in [2.45, 2.75) is 0 Å². The maximum Gasteiger partial charge on any atom is 0.273 e. The summed E-state index contributed by atoms with van der Waals surface area (Å²) in [4.78, 5) is 16.3. The molecule has 1 aromatic carbocycles. The summed E-state index contributed by atoms with van der Waals surface area (Å²) in [5.74, 6) is 0.204. The number of amides is 1. The average Bonchev–Trinajstić information content (AvgIpc) is 3.06. The predicted molar refractivity (Wildman–Crippen MR) is 90.5 cm³/mol. The average molecular weight is 373 g/mol. The van der Waals surface area contributed by atoms with Crippen molar-refractivity contribution in [2.24, 2.45) is 0 Å². The van der Waals surface area contributed by atoms with Crippen LogP contribution in [0.5, 0.6) is 5.88 Å². The minimum Gasteiger partial charge on any atom is -0.481 e. The molecule has 6 nitrogen and oxygen atoms in total. The number of hydrogen-bond donors (Lipinski definition) is 2.